The number of benzene rings is 2. The summed E-state index contributed by atoms with van der Waals surface area (Å²) >= 11 is 0. The van der Waals surface area contributed by atoms with Crippen LogP contribution in [0.4, 0.5) is 0 Å². The average Bonchev–Trinajstić information content (AvgIpc) is 2.47. The Hall–Kier alpha value is -2.09. The van der Waals surface area contributed by atoms with Gasteiger partial charge in [-0.1, -0.05) is 49.7 Å². The molecule has 0 amide bonds. The lowest BCUT2D eigenvalue weighted by molar-refractivity contribution is 0.0697. The number of carboxylic acid groups (broad SMARTS) is 1. The molecule has 0 radical (unpaired) electrons. The van der Waals surface area contributed by atoms with Crippen molar-refractivity contribution in [2.75, 3.05) is 0 Å². The summed E-state index contributed by atoms with van der Waals surface area (Å²) in [4.78, 5) is 10.8. The maximum atomic E-state index is 10.8. The summed E-state index contributed by atoms with van der Waals surface area (Å²) in [6.45, 7) is 2.19. The van der Waals surface area contributed by atoms with Crippen molar-refractivity contribution in [1.29, 1.82) is 0 Å². The molecule has 20 heavy (non-hydrogen) atoms. The molecule has 0 aliphatic rings. The first-order valence-electron chi connectivity index (χ1n) is 7.09. The molecular weight excluding hydrogens is 248 g/mol. The average molecular weight is 268 g/mol. The predicted molar refractivity (Wildman–Crippen MR) is 81.2 cm³/mol. The van der Waals surface area contributed by atoms with E-state index in [1.165, 1.54) is 23.1 Å². The smallest absolute Gasteiger partial charge is 0.335 e. The van der Waals surface area contributed by atoms with Gasteiger partial charge in [0.05, 0.1) is 5.56 Å². The van der Waals surface area contributed by atoms with Crippen molar-refractivity contribution in [1.82, 2.24) is 0 Å². The molecule has 0 heterocycles. The summed E-state index contributed by atoms with van der Waals surface area (Å²) in [6, 6.07) is 15.9. The Bertz CT molecular complexity index is 553. The summed E-state index contributed by atoms with van der Waals surface area (Å²) in [6.07, 6.45) is 4.23. The SMILES string of the molecule is CCCc1ccc(CCc2ccc(C(=O)O)cc2)cc1. The molecule has 0 unspecified atom stereocenters. The Balaban J connectivity index is 1.92. The number of rotatable bonds is 6. The van der Waals surface area contributed by atoms with E-state index in [2.05, 4.69) is 31.2 Å². The highest BCUT2D eigenvalue weighted by atomic mass is 16.4. The molecule has 2 aromatic rings. The molecule has 0 saturated heterocycles. The van der Waals surface area contributed by atoms with Crippen LogP contribution in [0.3, 0.4) is 0 Å². The summed E-state index contributed by atoms with van der Waals surface area (Å²) in [5.74, 6) is -0.872. The summed E-state index contributed by atoms with van der Waals surface area (Å²) in [7, 11) is 0. The van der Waals surface area contributed by atoms with Gasteiger partial charge in [0.25, 0.3) is 0 Å². The largest absolute Gasteiger partial charge is 0.478 e. The van der Waals surface area contributed by atoms with Gasteiger partial charge in [0, 0.05) is 0 Å². The fourth-order valence-corrected chi connectivity index (χ4v) is 2.26. The molecule has 2 nitrogen and oxygen atoms in total. The van der Waals surface area contributed by atoms with Crippen LogP contribution < -0.4 is 0 Å². The molecule has 0 aromatic heterocycles. The van der Waals surface area contributed by atoms with Crippen molar-refractivity contribution >= 4 is 5.97 Å². The van der Waals surface area contributed by atoms with Crippen LogP contribution in [0.5, 0.6) is 0 Å². The van der Waals surface area contributed by atoms with Gasteiger partial charge in [0.2, 0.25) is 0 Å². The van der Waals surface area contributed by atoms with Gasteiger partial charge in [-0.25, -0.2) is 4.79 Å². The molecule has 2 rings (SSSR count). The van der Waals surface area contributed by atoms with Gasteiger partial charge in [0.15, 0.2) is 0 Å². The highest BCUT2D eigenvalue weighted by molar-refractivity contribution is 5.87. The first-order chi connectivity index (χ1) is 9.69. The number of hydrogen-bond acceptors (Lipinski definition) is 1. The molecule has 1 N–H and O–H groups in total. The Labute approximate surface area is 120 Å². The van der Waals surface area contributed by atoms with Gasteiger partial charge in [0.1, 0.15) is 0 Å². The topological polar surface area (TPSA) is 37.3 Å². The number of hydrogen-bond donors (Lipinski definition) is 1. The first-order valence-corrected chi connectivity index (χ1v) is 7.09. The lowest BCUT2D eigenvalue weighted by Gasteiger charge is -2.04. The molecule has 104 valence electrons. The zero-order chi connectivity index (χ0) is 14.4. The van der Waals surface area contributed by atoms with E-state index in [9.17, 15) is 4.79 Å². The normalized spacial score (nSPS) is 10.4. The van der Waals surface area contributed by atoms with Crippen LogP contribution in [0, 0.1) is 0 Å². The molecule has 0 spiro atoms. The Morgan fingerprint density at radius 3 is 1.60 bits per heavy atom. The van der Waals surface area contributed by atoms with E-state index < -0.39 is 5.97 Å². The van der Waals surface area contributed by atoms with Crippen molar-refractivity contribution in [2.24, 2.45) is 0 Å². The van der Waals surface area contributed by atoms with Gasteiger partial charge >= 0.3 is 5.97 Å². The van der Waals surface area contributed by atoms with Crippen molar-refractivity contribution in [2.45, 2.75) is 32.6 Å². The van der Waals surface area contributed by atoms with Crippen LogP contribution in [-0.2, 0) is 19.3 Å². The zero-order valence-electron chi connectivity index (χ0n) is 11.8. The summed E-state index contributed by atoms with van der Waals surface area (Å²) in [5.41, 5.74) is 4.24. The molecular formula is C18H20O2. The maximum Gasteiger partial charge on any atom is 0.335 e. The van der Waals surface area contributed by atoms with Crippen molar-refractivity contribution in [3.05, 3.63) is 70.8 Å². The van der Waals surface area contributed by atoms with E-state index in [0.717, 1.165) is 19.3 Å². The van der Waals surface area contributed by atoms with Crippen molar-refractivity contribution < 1.29 is 9.90 Å². The number of carbonyl (C=O) groups is 1. The fraction of sp³-hybridized carbons (Fsp3) is 0.278. The van der Waals surface area contributed by atoms with Gasteiger partial charge in [-0.2, -0.15) is 0 Å². The van der Waals surface area contributed by atoms with Crippen molar-refractivity contribution in [3.8, 4) is 0 Å². The van der Waals surface area contributed by atoms with Crippen LogP contribution in [0.15, 0.2) is 48.5 Å². The first kappa shape index (κ1) is 14.3. The summed E-state index contributed by atoms with van der Waals surface area (Å²) < 4.78 is 0. The van der Waals surface area contributed by atoms with Crippen LogP contribution >= 0.6 is 0 Å². The molecule has 0 atom stereocenters. The van der Waals surface area contributed by atoms with Gasteiger partial charge in [-0.3, -0.25) is 0 Å². The second-order valence-corrected chi connectivity index (χ2v) is 5.07. The van der Waals surface area contributed by atoms with E-state index in [0.29, 0.717) is 5.56 Å². The maximum absolute atomic E-state index is 10.8. The highest BCUT2D eigenvalue weighted by Crippen LogP contribution is 2.11. The van der Waals surface area contributed by atoms with Crippen LogP contribution in [0.25, 0.3) is 0 Å². The van der Waals surface area contributed by atoms with Crippen LogP contribution in [-0.4, -0.2) is 11.1 Å². The highest BCUT2D eigenvalue weighted by Gasteiger charge is 2.02. The van der Waals surface area contributed by atoms with Crippen LogP contribution in [0.1, 0.15) is 40.4 Å². The number of aromatic carboxylic acids is 1. The molecule has 0 saturated carbocycles. The van der Waals surface area contributed by atoms with Gasteiger partial charge < -0.3 is 5.11 Å². The third kappa shape index (κ3) is 3.95. The molecule has 2 heteroatoms. The Kier molecular flexibility index (Phi) is 4.94. The van der Waals surface area contributed by atoms with E-state index in [-0.39, 0.29) is 0 Å². The molecule has 0 bridgehead atoms. The number of carboxylic acids is 1. The molecule has 2 aromatic carbocycles. The third-order valence-corrected chi connectivity index (χ3v) is 3.46. The van der Waals surface area contributed by atoms with E-state index in [1.807, 2.05) is 12.1 Å². The molecule has 0 fully saturated rings. The molecule has 0 aliphatic heterocycles. The number of aryl methyl sites for hydroxylation is 3. The van der Waals surface area contributed by atoms with Crippen LogP contribution in [0.2, 0.25) is 0 Å². The third-order valence-electron chi connectivity index (χ3n) is 3.46. The van der Waals surface area contributed by atoms with Crippen molar-refractivity contribution in [3.63, 3.8) is 0 Å². The van der Waals surface area contributed by atoms with E-state index in [1.54, 1.807) is 12.1 Å². The summed E-state index contributed by atoms with van der Waals surface area (Å²) in [5, 5.41) is 8.85. The molecule has 0 aliphatic carbocycles. The fourth-order valence-electron chi connectivity index (χ4n) is 2.26. The minimum Gasteiger partial charge on any atom is -0.478 e. The second-order valence-electron chi connectivity index (χ2n) is 5.07. The van der Waals surface area contributed by atoms with E-state index in [4.69, 9.17) is 5.11 Å². The standard InChI is InChI=1S/C18H20O2/c1-2-3-14-4-6-15(7-5-14)8-9-16-10-12-17(13-11-16)18(19)20/h4-7,10-13H,2-3,8-9H2,1H3,(H,19,20). The van der Waals surface area contributed by atoms with Gasteiger partial charge in [-0.05, 0) is 48.1 Å². The Morgan fingerprint density at radius 1 is 0.800 bits per heavy atom. The minimum absolute atomic E-state index is 0.345. The predicted octanol–water partition coefficient (Wildman–Crippen LogP) is 4.12. The quantitative estimate of drug-likeness (QED) is 0.855. The minimum atomic E-state index is -0.872. The lowest BCUT2D eigenvalue weighted by Crippen LogP contribution is -1.97. The van der Waals surface area contributed by atoms with E-state index >= 15 is 0 Å². The Morgan fingerprint density at radius 2 is 1.20 bits per heavy atom. The monoisotopic (exact) mass is 268 g/mol. The zero-order valence-corrected chi connectivity index (χ0v) is 11.8. The lowest BCUT2D eigenvalue weighted by atomic mass is 10.0. The second kappa shape index (κ2) is 6.90. The van der Waals surface area contributed by atoms with Gasteiger partial charge in [-0.15, -0.1) is 0 Å².